The molecule has 2 rings (SSSR count). The first kappa shape index (κ1) is 15.3. The van der Waals surface area contributed by atoms with E-state index in [1.165, 1.54) is 7.05 Å². The number of sulfonamides is 1. The number of rotatable bonds is 4. The summed E-state index contributed by atoms with van der Waals surface area (Å²) in [6.07, 6.45) is 1.52. The van der Waals surface area contributed by atoms with Crippen LogP contribution < -0.4 is 4.72 Å². The minimum absolute atomic E-state index is 0.0597. The van der Waals surface area contributed by atoms with E-state index in [1.807, 2.05) is 0 Å². The zero-order chi connectivity index (χ0) is 14.8. The van der Waals surface area contributed by atoms with E-state index in [2.05, 4.69) is 4.72 Å². The van der Waals surface area contributed by atoms with Crippen LogP contribution in [-0.2, 0) is 10.0 Å². The molecule has 0 unspecified atom stereocenters. The molecule has 0 aliphatic carbocycles. The maximum atomic E-state index is 12.4. The molecule has 1 aromatic carbocycles. The minimum Gasteiger partial charge on any atom is -0.335 e. The molecule has 1 heterocycles. The van der Waals surface area contributed by atoms with Crippen LogP contribution in [0.15, 0.2) is 24.3 Å². The topological polar surface area (TPSA) is 66.5 Å². The smallest absolute Gasteiger partial charge is 0.254 e. The molecule has 0 bridgehead atoms. The Morgan fingerprint density at radius 3 is 2.90 bits per heavy atom. The minimum atomic E-state index is -3.33. The first-order valence-electron chi connectivity index (χ1n) is 6.41. The van der Waals surface area contributed by atoms with Gasteiger partial charge in [0.25, 0.3) is 5.91 Å². The van der Waals surface area contributed by atoms with Gasteiger partial charge in [-0.25, -0.2) is 13.1 Å². The Morgan fingerprint density at radius 1 is 1.50 bits per heavy atom. The Kier molecular flexibility index (Phi) is 4.67. The SMILES string of the molecule is CNS(=O)(=O)C[C@@H]1CCCN1C(=O)c1cccc(Cl)c1. The van der Waals surface area contributed by atoms with Crippen molar-refractivity contribution in [1.82, 2.24) is 9.62 Å². The molecule has 0 aromatic heterocycles. The van der Waals surface area contributed by atoms with Crippen molar-refractivity contribution < 1.29 is 13.2 Å². The zero-order valence-electron chi connectivity index (χ0n) is 11.2. The van der Waals surface area contributed by atoms with E-state index in [4.69, 9.17) is 11.6 Å². The predicted molar refractivity (Wildman–Crippen MR) is 78.4 cm³/mol. The van der Waals surface area contributed by atoms with Crippen molar-refractivity contribution in [3.8, 4) is 0 Å². The molecule has 0 spiro atoms. The summed E-state index contributed by atoms with van der Waals surface area (Å²) in [5, 5.41) is 0.495. The van der Waals surface area contributed by atoms with Crippen LogP contribution in [0.3, 0.4) is 0 Å². The van der Waals surface area contributed by atoms with E-state index in [1.54, 1.807) is 29.2 Å². The Balaban J connectivity index is 2.17. The van der Waals surface area contributed by atoms with Crippen LogP contribution in [0.5, 0.6) is 0 Å². The number of hydrogen-bond acceptors (Lipinski definition) is 3. The van der Waals surface area contributed by atoms with Crippen molar-refractivity contribution in [1.29, 1.82) is 0 Å². The summed E-state index contributed by atoms with van der Waals surface area (Å²) >= 11 is 5.88. The van der Waals surface area contributed by atoms with Gasteiger partial charge in [-0.15, -0.1) is 0 Å². The molecule has 1 N–H and O–H groups in total. The molecular formula is C13H17ClN2O3S. The van der Waals surface area contributed by atoms with Crippen LogP contribution in [-0.4, -0.2) is 44.6 Å². The molecule has 110 valence electrons. The molecule has 1 aromatic rings. The maximum Gasteiger partial charge on any atom is 0.254 e. The van der Waals surface area contributed by atoms with Gasteiger partial charge in [0.2, 0.25) is 10.0 Å². The second-order valence-electron chi connectivity index (χ2n) is 4.79. The lowest BCUT2D eigenvalue weighted by Crippen LogP contribution is -2.41. The standard InChI is InChI=1S/C13H17ClN2O3S/c1-15-20(18,19)9-12-6-3-7-16(12)13(17)10-4-2-5-11(14)8-10/h2,4-5,8,12,15H,3,6-7,9H2,1H3/t12-/m0/s1. The highest BCUT2D eigenvalue weighted by Crippen LogP contribution is 2.22. The molecule has 1 aliphatic heterocycles. The van der Waals surface area contributed by atoms with Gasteiger partial charge in [0.1, 0.15) is 0 Å². The Hall–Kier alpha value is -1.11. The molecule has 1 aliphatic rings. The van der Waals surface area contributed by atoms with Gasteiger partial charge in [-0.3, -0.25) is 4.79 Å². The van der Waals surface area contributed by atoms with Gasteiger partial charge in [0.05, 0.1) is 5.75 Å². The number of carbonyl (C=O) groups is 1. The Morgan fingerprint density at radius 2 is 2.25 bits per heavy atom. The lowest BCUT2D eigenvalue weighted by molar-refractivity contribution is 0.0749. The molecule has 1 fully saturated rings. The second kappa shape index (κ2) is 6.11. The molecule has 1 amide bonds. The van der Waals surface area contributed by atoms with E-state index >= 15 is 0 Å². The van der Waals surface area contributed by atoms with Crippen molar-refractivity contribution in [3.05, 3.63) is 34.9 Å². The monoisotopic (exact) mass is 316 g/mol. The number of carbonyl (C=O) groups excluding carboxylic acids is 1. The summed E-state index contributed by atoms with van der Waals surface area (Å²) in [6, 6.07) is 6.43. The second-order valence-corrected chi connectivity index (χ2v) is 7.20. The fourth-order valence-electron chi connectivity index (χ4n) is 2.40. The van der Waals surface area contributed by atoms with Crippen molar-refractivity contribution in [2.75, 3.05) is 19.3 Å². The molecule has 1 saturated heterocycles. The molecule has 0 saturated carbocycles. The number of nitrogens with one attached hydrogen (secondary N) is 1. The van der Waals surface area contributed by atoms with Crippen molar-refractivity contribution in [2.24, 2.45) is 0 Å². The quantitative estimate of drug-likeness (QED) is 0.915. The summed E-state index contributed by atoms with van der Waals surface area (Å²) in [6.45, 7) is 0.579. The molecule has 1 atom stereocenters. The first-order chi connectivity index (χ1) is 9.43. The summed E-state index contributed by atoms with van der Waals surface area (Å²) in [5.74, 6) is -0.225. The zero-order valence-corrected chi connectivity index (χ0v) is 12.7. The number of hydrogen-bond donors (Lipinski definition) is 1. The van der Waals surface area contributed by atoms with Gasteiger partial charge in [0, 0.05) is 23.2 Å². The molecule has 0 radical (unpaired) electrons. The summed E-state index contributed by atoms with van der Waals surface area (Å²) in [7, 11) is -1.95. The van der Waals surface area contributed by atoms with Crippen molar-refractivity contribution in [3.63, 3.8) is 0 Å². The van der Waals surface area contributed by atoms with Gasteiger partial charge in [-0.1, -0.05) is 17.7 Å². The van der Waals surface area contributed by atoms with Crippen LogP contribution in [0.1, 0.15) is 23.2 Å². The average Bonchev–Trinajstić information content (AvgIpc) is 2.85. The third-order valence-corrected chi connectivity index (χ3v) is 5.11. The van der Waals surface area contributed by atoms with Crippen LogP contribution in [0.4, 0.5) is 0 Å². The van der Waals surface area contributed by atoms with Gasteiger partial charge < -0.3 is 4.90 Å². The van der Waals surface area contributed by atoms with E-state index < -0.39 is 10.0 Å². The van der Waals surface area contributed by atoms with E-state index in [9.17, 15) is 13.2 Å². The number of amides is 1. The number of benzene rings is 1. The average molecular weight is 317 g/mol. The lowest BCUT2D eigenvalue weighted by atomic mass is 10.2. The van der Waals surface area contributed by atoms with Crippen LogP contribution in [0, 0.1) is 0 Å². The molecular weight excluding hydrogens is 300 g/mol. The fourth-order valence-corrected chi connectivity index (χ4v) is 3.61. The number of nitrogens with zero attached hydrogens (tertiary/aromatic N) is 1. The number of halogens is 1. The van der Waals surface area contributed by atoms with Crippen molar-refractivity contribution >= 4 is 27.5 Å². The highest BCUT2D eigenvalue weighted by molar-refractivity contribution is 7.89. The van der Waals surface area contributed by atoms with Crippen LogP contribution >= 0.6 is 11.6 Å². The summed E-state index contributed by atoms with van der Waals surface area (Å²) in [4.78, 5) is 14.1. The fraction of sp³-hybridized carbons (Fsp3) is 0.462. The predicted octanol–water partition coefficient (Wildman–Crippen LogP) is 1.49. The summed E-state index contributed by atoms with van der Waals surface area (Å²) in [5.41, 5.74) is 0.492. The normalized spacial score (nSPS) is 19.3. The third kappa shape index (κ3) is 3.50. The van der Waals surface area contributed by atoms with Gasteiger partial charge in [0.15, 0.2) is 0 Å². The van der Waals surface area contributed by atoms with Crippen molar-refractivity contribution in [2.45, 2.75) is 18.9 Å². The van der Waals surface area contributed by atoms with Crippen LogP contribution in [0.25, 0.3) is 0 Å². The number of likely N-dealkylation sites (tertiary alicyclic amines) is 1. The van der Waals surface area contributed by atoms with Crippen LogP contribution in [0.2, 0.25) is 5.02 Å². The lowest BCUT2D eigenvalue weighted by Gasteiger charge is -2.24. The largest absolute Gasteiger partial charge is 0.335 e. The first-order valence-corrected chi connectivity index (χ1v) is 8.44. The van der Waals surface area contributed by atoms with E-state index in [0.717, 1.165) is 6.42 Å². The molecule has 7 heteroatoms. The third-order valence-electron chi connectivity index (χ3n) is 3.43. The van der Waals surface area contributed by atoms with E-state index in [0.29, 0.717) is 23.6 Å². The Bertz CT molecular complexity index is 603. The Labute approximate surface area is 124 Å². The highest BCUT2D eigenvalue weighted by atomic mass is 35.5. The maximum absolute atomic E-state index is 12.4. The van der Waals surface area contributed by atoms with Gasteiger partial charge >= 0.3 is 0 Å². The highest BCUT2D eigenvalue weighted by Gasteiger charge is 2.32. The van der Waals surface area contributed by atoms with Gasteiger partial charge in [-0.05, 0) is 38.1 Å². The molecule has 20 heavy (non-hydrogen) atoms. The van der Waals surface area contributed by atoms with Gasteiger partial charge in [-0.2, -0.15) is 0 Å². The molecule has 5 nitrogen and oxygen atoms in total. The summed E-state index contributed by atoms with van der Waals surface area (Å²) < 4.78 is 25.6. The van der Waals surface area contributed by atoms with E-state index in [-0.39, 0.29) is 17.7 Å².